The summed E-state index contributed by atoms with van der Waals surface area (Å²) < 4.78 is 0. The molecule has 0 unspecified atom stereocenters. The second kappa shape index (κ2) is 2.76. The van der Waals surface area contributed by atoms with Gasteiger partial charge in [0.2, 0.25) is 0 Å². The SMILES string of the molecule is CC1(C)CC(Cl)=NN1.Cl. The van der Waals surface area contributed by atoms with Crippen LogP contribution in [0.3, 0.4) is 0 Å². The van der Waals surface area contributed by atoms with E-state index in [1.807, 2.05) is 0 Å². The minimum atomic E-state index is 0. The average Bonchev–Trinajstić information content (AvgIpc) is 1.82. The van der Waals surface area contributed by atoms with Gasteiger partial charge < -0.3 is 5.43 Å². The minimum Gasteiger partial charge on any atom is -0.303 e. The average molecular weight is 169 g/mol. The molecule has 1 heterocycles. The Hall–Kier alpha value is 0.0500. The number of hydrogen-bond acceptors (Lipinski definition) is 2. The summed E-state index contributed by atoms with van der Waals surface area (Å²) >= 11 is 5.58. The zero-order valence-electron chi connectivity index (χ0n) is 5.44. The maximum Gasteiger partial charge on any atom is 0.128 e. The van der Waals surface area contributed by atoms with Crippen molar-refractivity contribution in [3.8, 4) is 0 Å². The molecule has 0 aliphatic carbocycles. The Morgan fingerprint density at radius 3 is 2.33 bits per heavy atom. The van der Waals surface area contributed by atoms with Gasteiger partial charge in [0.05, 0.1) is 5.54 Å². The van der Waals surface area contributed by atoms with E-state index < -0.39 is 0 Å². The second-order valence-corrected chi connectivity index (χ2v) is 3.10. The highest BCUT2D eigenvalue weighted by atomic mass is 35.5. The Balaban J connectivity index is 0.000000640. The van der Waals surface area contributed by atoms with Gasteiger partial charge >= 0.3 is 0 Å². The van der Waals surface area contributed by atoms with Crippen molar-refractivity contribution in [2.45, 2.75) is 25.8 Å². The molecule has 1 N–H and O–H groups in total. The molecule has 0 saturated carbocycles. The molecule has 0 aromatic heterocycles. The topological polar surface area (TPSA) is 24.4 Å². The van der Waals surface area contributed by atoms with Gasteiger partial charge in [0.25, 0.3) is 0 Å². The summed E-state index contributed by atoms with van der Waals surface area (Å²) in [6.45, 7) is 4.12. The molecule has 0 fully saturated rings. The van der Waals surface area contributed by atoms with E-state index in [0.717, 1.165) is 6.42 Å². The summed E-state index contributed by atoms with van der Waals surface area (Å²) in [5.41, 5.74) is 2.98. The molecule has 0 aromatic rings. The van der Waals surface area contributed by atoms with Crippen molar-refractivity contribution < 1.29 is 0 Å². The highest BCUT2D eigenvalue weighted by molar-refractivity contribution is 6.65. The fraction of sp³-hybridized carbons (Fsp3) is 0.800. The Labute approximate surface area is 66.1 Å². The van der Waals surface area contributed by atoms with Crippen LogP contribution in [0.2, 0.25) is 0 Å². The van der Waals surface area contributed by atoms with Gasteiger partial charge in [-0.1, -0.05) is 11.6 Å². The summed E-state index contributed by atoms with van der Waals surface area (Å²) in [6, 6.07) is 0. The lowest BCUT2D eigenvalue weighted by molar-refractivity contribution is 0.447. The predicted octanol–water partition coefficient (Wildman–Crippen LogP) is 1.73. The second-order valence-electron chi connectivity index (χ2n) is 2.66. The van der Waals surface area contributed by atoms with Crippen LogP contribution in [0.15, 0.2) is 5.10 Å². The van der Waals surface area contributed by atoms with Crippen LogP contribution >= 0.6 is 24.0 Å². The van der Waals surface area contributed by atoms with Crippen LogP contribution in [0.1, 0.15) is 20.3 Å². The molecule has 0 aromatic carbocycles. The molecule has 0 saturated heterocycles. The first-order chi connectivity index (χ1) is 3.60. The summed E-state index contributed by atoms with van der Waals surface area (Å²) in [7, 11) is 0. The molecule has 4 heteroatoms. The van der Waals surface area contributed by atoms with Gasteiger partial charge in [-0.2, -0.15) is 5.10 Å². The lowest BCUT2D eigenvalue weighted by atomic mass is 10.0. The Kier molecular flexibility index (Phi) is 2.77. The minimum absolute atomic E-state index is 0. The van der Waals surface area contributed by atoms with Gasteiger partial charge in [0.1, 0.15) is 5.17 Å². The molecule has 0 amide bonds. The molecule has 0 spiro atoms. The molecule has 1 aliphatic heterocycles. The third kappa shape index (κ3) is 2.41. The van der Waals surface area contributed by atoms with E-state index in [4.69, 9.17) is 11.6 Å². The Morgan fingerprint density at radius 1 is 1.67 bits per heavy atom. The van der Waals surface area contributed by atoms with Gasteiger partial charge in [0, 0.05) is 6.42 Å². The normalized spacial score (nSPS) is 21.9. The number of hydrogen-bond donors (Lipinski definition) is 1. The fourth-order valence-electron chi connectivity index (χ4n) is 0.656. The predicted molar refractivity (Wildman–Crippen MR) is 42.4 cm³/mol. The molecule has 0 radical (unpaired) electrons. The largest absolute Gasteiger partial charge is 0.303 e. The Morgan fingerprint density at radius 2 is 2.22 bits per heavy atom. The van der Waals surface area contributed by atoms with Crippen LogP contribution in [0.25, 0.3) is 0 Å². The van der Waals surface area contributed by atoms with Crippen LogP contribution in [-0.2, 0) is 0 Å². The molecule has 9 heavy (non-hydrogen) atoms. The quantitative estimate of drug-likeness (QED) is 0.586. The fourth-order valence-corrected chi connectivity index (χ4v) is 1.03. The van der Waals surface area contributed by atoms with Crippen LogP contribution in [0.4, 0.5) is 0 Å². The van der Waals surface area contributed by atoms with E-state index >= 15 is 0 Å². The van der Waals surface area contributed by atoms with Gasteiger partial charge in [-0.05, 0) is 13.8 Å². The van der Waals surface area contributed by atoms with E-state index in [1.165, 1.54) is 0 Å². The van der Waals surface area contributed by atoms with E-state index in [2.05, 4.69) is 24.4 Å². The number of halogens is 2. The standard InChI is InChI=1S/C5H9ClN2.ClH/c1-5(2)3-4(6)7-8-5;/h8H,3H2,1-2H3;1H. The lowest BCUT2D eigenvalue weighted by Gasteiger charge is -2.14. The smallest absolute Gasteiger partial charge is 0.128 e. The number of nitrogens with one attached hydrogen (secondary N) is 1. The summed E-state index contributed by atoms with van der Waals surface area (Å²) in [6.07, 6.45) is 0.842. The molecule has 0 bridgehead atoms. The molecular weight excluding hydrogens is 159 g/mol. The maximum atomic E-state index is 5.58. The first kappa shape index (κ1) is 9.05. The van der Waals surface area contributed by atoms with Crippen molar-refractivity contribution in [1.82, 2.24) is 5.43 Å². The van der Waals surface area contributed by atoms with Crippen LogP contribution in [0.5, 0.6) is 0 Å². The summed E-state index contributed by atoms with van der Waals surface area (Å²) in [5, 5.41) is 4.50. The van der Waals surface area contributed by atoms with Crippen LogP contribution in [-0.4, -0.2) is 10.7 Å². The number of nitrogens with zero attached hydrogens (tertiary/aromatic N) is 1. The summed E-state index contributed by atoms with van der Waals surface area (Å²) in [5.74, 6) is 0. The maximum absolute atomic E-state index is 5.58. The van der Waals surface area contributed by atoms with E-state index in [-0.39, 0.29) is 17.9 Å². The highest BCUT2D eigenvalue weighted by Gasteiger charge is 2.23. The lowest BCUT2D eigenvalue weighted by Crippen LogP contribution is -2.30. The summed E-state index contributed by atoms with van der Waals surface area (Å²) in [4.78, 5) is 0. The molecule has 1 aliphatic rings. The van der Waals surface area contributed by atoms with Crippen molar-refractivity contribution in [3.05, 3.63) is 0 Å². The van der Waals surface area contributed by atoms with Crippen molar-refractivity contribution in [3.63, 3.8) is 0 Å². The van der Waals surface area contributed by atoms with E-state index in [9.17, 15) is 0 Å². The Bertz CT molecular complexity index is 131. The zero-order chi connectivity index (χ0) is 6.20. The number of rotatable bonds is 0. The van der Waals surface area contributed by atoms with E-state index in [1.54, 1.807) is 0 Å². The number of hydrazone groups is 1. The van der Waals surface area contributed by atoms with Gasteiger partial charge in [-0.15, -0.1) is 12.4 Å². The molecule has 2 nitrogen and oxygen atoms in total. The zero-order valence-corrected chi connectivity index (χ0v) is 7.01. The first-order valence-corrected chi connectivity index (χ1v) is 2.97. The third-order valence-electron chi connectivity index (χ3n) is 1.07. The molecule has 0 atom stereocenters. The van der Waals surface area contributed by atoms with Gasteiger partial charge in [-0.25, -0.2) is 0 Å². The first-order valence-electron chi connectivity index (χ1n) is 2.59. The van der Waals surface area contributed by atoms with E-state index in [0.29, 0.717) is 5.17 Å². The van der Waals surface area contributed by atoms with Crippen molar-refractivity contribution in [1.29, 1.82) is 0 Å². The van der Waals surface area contributed by atoms with Crippen molar-refractivity contribution >= 4 is 29.2 Å². The van der Waals surface area contributed by atoms with Gasteiger partial charge in [-0.3, -0.25) is 0 Å². The molecule has 1 rings (SSSR count). The van der Waals surface area contributed by atoms with Crippen molar-refractivity contribution in [2.24, 2.45) is 5.10 Å². The third-order valence-corrected chi connectivity index (χ3v) is 1.29. The van der Waals surface area contributed by atoms with Gasteiger partial charge in [0.15, 0.2) is 0 Å². The highest BCUT2D eigenvalue weighted by Crippen LogP contribution is 2.16. The van der Waals surface area contributed by atoms with Crippen LogP contribution in [0, 0.1) is 0 Å². The molecule has 54 valence electrons. The monoisotopic (exact) mass is 168 g/mol. The van der Waals surface area contributed by atoms with Crippen molar-refractivity contribution in [2.75, 3.05) is 0 Å². The van der Waals surface area contributed by atoms with Crippen LogP contribution < -0.4 is 5.43 Å². The molecular formula is C5H10Cl2N2.